The third-order valence-electron chi connectivity index (χ3n) is 3.09. The maximum Gasteiger partial charge on any atom is 0.325 e. The maximum absolute atomic E-state index is 11.6. The average molecular weight is 295 g/mol. The monoisotopic (exact) mass is 294 g/mol. The number of carbonyl (C=O) groups excluding carboxylic acids is 1. The van der Waals surface area contributed by atoms with E-state index < -0.39 is 12.0 Å². The van der Waals surface area contributed by atoms with Crippen molar-refractivity contribution < 1.29 is 14.7 Å². The molecule has 106 valence electrons. The number of aromatic nitrogens is 1. The molecule has 1 aromatic heterocycles. The van der Waals surface area contributed by atoms with Crippen molar-refractivity contribution in [2.45, 2.75) is 25.9 Å². The second-order valence-electron chi connectivity index (χ2n) is 4.56. The van der Waals surface area contributed by atoms with Gasteiger partial charge < -0.3 is 15.0 Å². The lowest BCUT2D eigenvalue weighted by Gasteiger charge is -2.10. The van der Waals surface area contributed by atoms with Crippen LogP contribution in [0.5, 0.6) is 0 Å². The zero-order valence-corrected chi connectivity index (χ0v) is 11.7. The first-order chi connectivity index (χ1) is 9.49. The van der Waals surface area contributed by atoms with Crippen LogP contribution in [-0.2, 0) is 16.1 Å². The number of aliphatic carboxylic acids is 1. The van der Waals surface area contributed by atoms with Crippen LogP contribution in [0.15, 0.2) is 30.5 Å². The van der Waals surface area contributed by atoms with Crippen LogP contribution in [0.3, 0.4) is 0 Å². The molecule has 0 bridgehead atoms. The van der Waals surface area contributed by atoms with Gasteiger partial charge in [-0.3, -0.25) is 9.59 Å². The molecule has 2 N–H and O–H groups in total. The minimum absolute atomic E-state index is 0.216. The van der Waals surface area contributed by atoms with Gasteiger partial charge in [-0.2, -0.15) is 0 Å². The Balaban J connectivity index is 2.01. The van der Waals surface area contributed by atoms with E-state index in [4.69, 9.17) is 16.7 Å². The number of rotatable bonds is 5. The molecular formula is C14H15ClN2O3. The molecule has 2 aromatic rings. The Morgan fingerprint density at radius 2 is 2.15 bits per heavy atom. The summed E-state index contributed by atoms with van der Waals surface area (Å²) in [5, 5.41) is 12.8. The second kappa shape index (κ2) is 5.96. The number of hydrogen-bond acceptors (Lipinski definition) is 2. The number of carboxylic acid groups (broad SMARTS) is 1. The third kappa shape index (κ3) is 3.11. The molecule has 0 aliphatic rings. The van der Waals surface area contributed by atoms with Crippen molar-refractivity contribution in [1.82, 2.24) is 9.88 Å². The van der Waals surface area contributed by atoms with Crippen molar-refractivity contribution >= 4 is 34.4 Å². The lowest BCUT2D eigenvalue weighted by atomic mass is 10.2. The van der Waals surface area contributed by atoms with Gasteiger partial charge in [-0.1, -0.05) is 17.7 Å². The van der Waals surface area contributed by atoms with Gasteiger partial charge in [-0.05, 0) is 25.1 Å². The molecule has 0 spiro atoms. The zero-order chi connectivity index (χ0) is 14.7. The molecule has 2 rings (SSSR count). The molecule has 5 nitrogen and oxygen atoms in total. The van der Waals surface area contributed by atoms with Gasteiger partial charge in [0.2, 0.25) is 5.91 Å². The molecule has 0 saturated carbocycles. The second-order valence-corrected chi connectivity index (χ2v) is 4.97. The predicted molar refractivity (Wildman–Crippen MR) is 76.8 cm³/mol. The van der Waals surface area contributed by atoms with E-state index in [2.05, 4.69) is 5.32 Å². The number of fused-ring (bicyclic) bond motifs is 1. The largest absolute Gasteiger partial charge is 0.480 e. The summed E-state index contributed by atoms with van der Waals surface area (Å²) < 4.78 is 1.92. The molecule has 20 heavy (non-hydrogen) atoms. The lowest BCUT2D eigenvalue weighted by molar-refractivity contribution is -0.141. The SMILES string of the molecule is C[C@@H](NC(=O)CCn1ccc2c(Cl)cccc21)C(=O)O. The number of hydrogen-bond donors (Lipinski definition) is 2. The molecule has 1 heterocycles. The van der Waals surface area contributed by atoms with E-state index in [1.807, 2.05) is 35.0 Å². The van der Waals surface area contributed by atoms with Gasteiger partial charge in [0.05, 0.1) is 0 Å². The number of benzene rings is 1. The van der Waals surface area contributed by atoms with E-state index in [0.717, 1.165) is 10.9 Å². The first kappa shape index (κ1) is 14.4. The van der Waals surface area contributed by atoms with Gasteiger partial charge in [-0.15, -0.1) is 0 Å². The fourth-order valence-corrected chi connectivity index (χ4v) is 2.21. The molecule has 6 heteroatoms. The lowest BCUT2D eigenvalue weighted by Crippen LogP contribution is -2.38. The summed E-state index contributed by atoms with van der Waals surface area (Å²) in [7, 11) is 0. The Bertz CT molecular complexity index is 651. The minimum Gasteiger partial charge on any atom is -0.480 e. The predicted octanol–water partition coefficient (Wildman–Crippen LogP) is 2.27. The number of nitrogens with one attached hydrogen (secondary N) is 1. The van der Waals surface area contributed by atoms with Gasteiger partial charge in [0.1, 0.15) is 6.04 Å². The fourth-order valence-electron chi connectivity index (χ4n) is 1.98. The third-order valence-corrected chi connectivity index (χ3v) is 3.42. The quantitative estimate of drug-likeness (QED) is 0.888. The van der Waals surface area contributed by atoms with E-state index in [-0.39, 0.29) is 12.3 Å². The molecule has 1 atom stereocenters. The Kier molecular flexibility index (Phi) is 4.29. The molecule has 0 radical (unpaired) electrons. The van der Waals surface area contributed by atoms with Crippen molar-refractivity contribution in [2.75, 3.05) is 0 Å². The van der Waals surface area contributed by atoms with Crippen LogP contribution in [0.2, 0.25) is 5.02 Å². The highest BCUT2D eigenvalue weighted by molar-refractivity contribution is 6.35. The van der Waals surface area contributed by atoms with Gasteiger partial charge in [0.15, 0.2) is 0 Å². The molecule has 0 fully saturated rings. The summed E-state index contributed by atoms with van der Waals surface area (Å²) in [5.41, 5.74) is 0.955. The summed E-state index contributed by atoms with van der Waals surface area (Å²) in [5.74, 6) is -1.33. The van der Waals surface area contributed by atoms with Crippen molar-refractivity contribution in [3.8, 4) is 0 Å². The molecule has 0 saturated heterocycles. The Labute approximate surface area is 121 Å². The summed E-state index contributed by atoms with van der Waals surface area (Å²) in [6, 6.07) is 6.62. The molecule has 0 aliphatic heterocycles. The van der Waals surface area contributed by atoms with E-state index in [1.165, 1.54) is 6.92 Å². The van der Waals surface area contributed by atoms with Gasteiger partial charge in [0, 0.05) is 35.1 Å². The van der Waals surface area contributed by atoms with Crippen LogP contribution < -0.4 is 5.32 Å². The molecule has 1 amide bonds. The smallest absolute Gasteiger partial charge is 0.325 e. The number of amides is 1. The highest BCUT2D eigenvalue weighted by Gasteiger charge is 2.14. The minimum atomic E-state index is -1.04. The molecule has 0 aliphatic carbocycles. The summed E-state index contributed by atoms with van der Waals surface area (Å²) in [4.78, 5) is 22.3. The summed E-state index contributed by atoms with van der Waals surface area (Å²) in [6.45, 7) is 1.91. The highest BCUT2D eigenvalue weighted by Crippen LogP contribution is 2.24. The first-order valence-corrected chi connectivity index (χ1v) is 6.62. The van der Waals surface area contributed by atoms with E-state index >= 15 is 0 Å². The van der Waals surface area contributed by atoms with Crippen molar-refractivity contribution in [1.29, 1.82) is 0 Å². The van der Waals surface area contributed by atoms with Crippen LogP contribution in [-0.4, -0.2) is 27.6 Å². The van der Waals surface area contributed by atoms with Gasteiger partial charge >= 0.3 is 5.97 Å². The van der Waals surface area contributed by atoms with Crippen molar-refractivity contribution in [3.63, 3.8) is 0 Å². The number of carboxylic acids is 1. The number of nitrogens with zero attached hydrogens (tertiary/aromatic N) is 1. The zero-order valence-electron chi connectivity index (χ0n) is 11.0. The van der Waals surface area contributed by atoms with Crippen LogP contribution in [0.1, 0.15) is 13.3 Å². The van der Waals surface area contributed by atoms with E-state index in [1.54, 1.807) is 0 Å². The van der Waals surface area contributed by atoms with Crippen LogP contribution in [0.25, 0.3) is 10.9 Å². The van der Waals surface area contributed by atoms with Crippen LogP contribution in [0.4, 0.5) is 0 Å². The molecule has 0 unspecified atom stereocenters. The maximum atomic E-state index is 11.6. The van der Waals surface area contributed by atoms with Gasteiger partial charge in [-0.25, -0.2) is 0 Å². The van der Waals surface area contributed by atoms with Crippen LogP contribution in [0, 0.1) is 0 Å². The van der Waals surface area contributed by atoms with Gasteiger partial charge in [0.25, 0.3) is 0 Å². The number of halogens is 1. The van der Waals surface area contributed by atoms with E-state index in [0.29, 0.717) is 11.6 Å². The topological polar surface area (TPSA) is 71.3 Å². The highest BCUT2D eigenvalue weighted by atomic mass is 35.5. The van der Waals surface area contributed by atoms with Crippen molar-refractivity contribution in [3.05, 3.63) is 35.5 Å². The number of carbonyl (C=O) groups is 2. The Hall–Kier alpha value is -2.01. The average Bonchev–Trinajstić information content (AvgIpc) is 2.81. The first-order valence-electron chi connectivity index (χ1n) is 6.24. The normalized spacial score (nSPS) is 12.3. The standard InChI is InChI=1S/C14H15ClN2O3/c1-9(14(19)20)16-13(18)6-8-17-7-5-10-11(15)3-2-4-12(10)17/h2-5,7,9H,6,8H2,1H3,(H,16,18)(H,19,20)/t9-/m1/s1. The Morgan fingerprint density at radius 3 is 2.85 bits per heavy atom. The van der Waals surface area contributed by atoms with Crippen molar-refractivity contribution in [2.24, 2.45) is 0 Å². The summed E-state index contributed by atoms with van der Waals surface area (Å²) >= 11 is 6.08. The molecular weight excluding hydrogens is 280 g/mol. The molecule has 1 aromatic carbocycles. The fraction of sp³-hybridized carbons (Fsp3) is 0.286. The van der Waals surface area contributed by atoms with Crippen LogP contribution >= 0.6 is 11.6 Å². The van der Waals surface area contributed by atoms with E-state index in [9.17, 15) is 9.59 Å². The number of aryl methyl sites for hydroxylation is 1. The Morgan fingerprint density at radius 1 is 1.40 bits per heavy atom. The summed E-state index contributed by atoms with van der Waals surface area (Å²) in [6.07, 6.45) is 2.08.